The second-order valence-corrected chi connectivity index (χ2v) is 3.60. The van der Waals surface area contributed by atoms with Gasteiger partial charge in [-0.1, -0.05) is 6.42 Å². The zero-order valence-electron chi connectivity index (χ0n) is 6.80. The summed E-state index contributed by atoms with van der Waals surface area (Å²) < 4.78 is 4.71. The highest BCUT2D eigenvalue weighted by atomic mass is 16.5. The molecule has 2 aliphatic carbocycles. The van der Waals surface area contributed by atoms with Crippen molar-refractivity contribution in [3.63, 3.8) is 0 Å². The average molecular weight is 153 g/mol. The largest absolute Gasteiger partial charge is 0.469 e. The highest BCUT2D eigenvalue weighted by Gasteiger charge is 2.44. The summed E-state index contributed by atoms with van der Waals surface area (Å²) >= 11 is 0. The van der Waals surface area contributed by atoms with E-state index in [1.54, 1.807) is 0 Å². The molecular formula is C9H13O2. The van der Waals surface area contributed by atoms with Crippen molar-refractivity contribution >= 4 is 5.97 Å². The van der Waals surface area contributed by atoms with Crippen LogP contribution in [0.1, 0.15) is 25.7 Å². The van der Waals surface area contributed by atoms with Crippen molar-refractivity contribution in [2.24, 2.45) is 11.8 Å². The van der Waals surface area contributed by atoms with Crippen LogP contribution in [0.3, 0.4) is 0 Å². The molecule has 2 rings (SSSR count). The van der Waals surface area contributed by atoms with Gasteiger partial charge in [0.25, 0.3) is 0 Å². The zero-order chi connectivity index (χ0) is 7.84. The number of methoxy groups -OCH3 is 1. The van der Waals surface area contributed by atoms with Gasteiger partial charge < -0.3 is 4.74 Å². The van der Waals surface area contributed by atoms with Gasteiger partial charge in [-0.25, -0.2) is 0 Å². The lowest BCUT2D eigenvalue weighted by molar-refractivity contribution is -0.139. The van der Waals surface area contributed by atoms with Crippen LogP contribution in [-0.4, -0.2) is 13.1 Å². The normalized spacial score (nSPS) is 36.1. The van der Waals surface area contributed by atoms with Crippen LogP contribution in [0.4, 0.5) is 0 Å². The van der Waals surface area contributed by atoms with E-state index in [9.17, 15) is 4.79 Å². The Morgan fingerprint density at radius 3 is 2.82 bits per heavy atom. The fourth-order valence-corrected chi connectivity index (χ4v) is 2.44. The third-order valence-corrected chi connectivity index (χ3v) is 2.99. The SMILES string of the molecule is COC(=O)[C]1CC2CCC1C2. The minimum absolute atomic E-state index is 0.0581. The van der Waals surface area contributed by atoms with Gasteiger partial charge in [-0.3, -0.25) is 4.79 Å². The summed E-state index contributed by atoms with van der Waals surface area (Å²) in [7, 11) is 1.47. The average Bonchev–Trinajstić information content (AvgIpc) is 2.62. The van der Waals surface area contributed by atoms with E-state index in [1.165, 1.54) is 26.4 Å². The summed E-state index contributed by atoms with van der Waals surface area (Å²) in [5.41, 5.74) is 0. The van der Waals surface area contributed by atoms with Gasteiger partial charge in [0.2, 0.25) is 0 Å². The first kappa shape index (κ1) is 7.14. The van der Waals surface area contributed by atoms with Gasteiger partial charge in [-0.2, -0.15) is 0 Å². The molecule has 0 aliphatic heterocycles. The Balaban J connectivity index is 2.02. The van der Waals surface area contributed by atoms with Crippen LogP contribution in [0, 0.1) is 17.8 Å². The lowest BCUT2D eigenvalue weighted by Gasteiger charge is -2.17. The standard InChI is InChI=1S/C9H13O2/c1-11-9(10)8-5-6-2-3-7(8)4-6/h6-7H,2-5H2,1H3. The lowest BCUT2D eigenvalue weighted by Crippen LogP contribution is -2.19. The molecule has 2 bridgehead atoms. The third-order valence-electron chi connectivity index (χ3n) is 2.99. The van der Waals surface area contributed by atoms with Crippen molar-refractivity contribution in [1.82, 2.24) is 0 Å². The molecule has 1 radical (unpaired) electrons. The van der Waals surface area contributed by atoms with Crippen LogP contribution >= 0.6 is 0 Å². The number of fused-ring (bicyclic) bond motifs is 2. The van der Waals surface area contributed by atoms with Crippen LogP contribution in [0.2, 0.25) is 0 Å². The van der Waals surface area contributed by atoms with Gasteiger partial charge in [0.1, 0.15) is 0 Å². The molecule has 0 aromatic carbocycles. The molecule has 11 heavy (non-hydrogen) atoms. The predicted molar refractivity (Wildman–Crippen MR) is 40.7 cm³/mol. The van der Waals surface area contributed by atoms with E-state index in [0.717, 1.165) is 18.3 Å². The summed E-state index contributed by atoms with van der Waals surface area (Å²) in [6, 6.07) is 0. The molecule has 2 saturated carbocycles. The second kappa shape index (κ2) is 2.50. The highest BCUT2D eigenvalue weighted by molar-refractivity contribution is 5.85. The molecule has 2 fully saturated rings. The molecule has 0 spiro atoms. The molecule has 0 N–H and O–H groups in total. The van der Waals surface area contributed by atoms with Gasteiger partial charge in [0.05, 0.1) is 13.0 Å². The Hall–Kier alpha value is -0.530. The Kier molecular flexibility index (Phi) is 1.63. The van der Waals surface area contributed by atoms with Crippen molar-refractivity contribution in [3.8, 4) is 0 Å². The molecular weight excluding hydrogens is 140 g/mol. The number of hydrogen-bond donors (Lipinski definition) is 0. The van der Waals surface area contributed by atoms with Crippen LogP contribution in [0.15, 0.2) is 0 Å². The molecule has 2 aliphatic rings. The number of carbonyl (C=O) groups is 1. The molecule has 2 atom stereocenters. The third kappa shape index (κ3) is 1.05. The molecule has 0 aromatic heterocycles. The first-order chi connectivity index (χ1) is 5.31. The van der Waals surface area contributed by atoms with Crippen LogP contribution in [0.25, 0.3) is 0 Å². The summed E-state index contributed by atoms with van der Waals surface area (Å²) in [6.07, 6.45) is 4.79. The van der Waals surface area contributed by atoms with Gasteiger partial charge in [-0.05, 0) is 31.1 Å². The summed E-state index contributed by atoms with van der Waals surface area (Å²) in [4.78, 5) is 11.1. The smallest absolute Gasteiger partial charge is 0.313 e. The van der Waals surface area contributed by atoms with E-state index in [4.69, 9.17) is 4.74 Å². The van der Waals surface area contributed by atoms with Crippen molar-refractivity contribution in [3.05, 3.63) is 5.92 Å². The number of ether oxygens (including phenoxy) is 1. The number of rotatable bonds is 1. The minimum Gasteiger partial charge on any atom is -0.469 e. The maximum atomic E-state index is 11.1. The molecule has 0 saturated heterocycles. The molecule has 0 amide bonds. The Morgan fingerprint density at radius 2 is 2.36 bits per heavy atom. The van der Waals surface area contributed by atoms with Gasteiger partial charge >= 0.3 is 5.97 Å². The molecule has 2 nitrogen and oxygen atoms in total. The molecule has 61 valence electrons. The quantitative estimate of drug-likeness (QED) is 0.534. The fraction of sp³-hybridized carbons (Fsp3) is 0.778. The number of carbonyl (C=O) groups excluding carboxylic acids is 1. The Bertz CT molecular complexity index is 176. The van der Waals surface area contributed by atoms with Crippen molar-refractivity contribution in [2.45, 2.75) is 25.7 Å². The molecule has 0 heterocycles. The summed E-state index contributed by atoms with van der Waals surface area (Å²) in [6.45, 7) is 0. The van der Waals surface area contributed by atoms with Crippen molar-refractivity contribution < 1.29 is 9.53 Å². The van der Waals surface area contributed by atoms with Crippen molar-refractivity contribution in [2.75, 3.05) is 7.11 Å². The van der Waals surface area contributed by atoms with Gasteiger partial charge in [0, 0.05) is 0 Å². The highest BCUT2D eigenvalue weighted by Crippen LogP contribution is 2.49. The second-order valence-electron chi connectivity index (χ2n) is 3.60. The van der Waals surface area contributed by atoms with E-state index < -0.39 is 0 Å². The summed E-state index contributed by atoms with van der Waals surface area (Å²) in [5, 5.41) is 0. The van der Waals surface area contributed by atoms with E-state index in [-0.39, 0.29) is 5.97 Å². The maximum absolute atomic E-state index is 11.1. The molecule has 2 unspecified atom stereocenters. The first-order valence-corrected chi connectivity index (χ1v) is 4.25. The predicted octanol–water partition coefficient (Wildman–Crippen LogP) is 1.55. The van der Waals surface area contributed by atoms with Crippen molar-refractivity contribution in [1.29, 1.82) is 0 Å². The molecule has 2 heteroatoms. The molecule has 0 aromatic rings. The van der Waals surface area contributed by atoms with E-state index >= 15 is 0 Å². The van der Waals surface area contributed by atoms with Crippen LogP contribution in [0.5, 0.6) is 0 Å². The van der Waals surface area contributed by atoms with E-state index in [2.05, 4.69) is 0 Å². The lowest BCUT2D eigenvalue weighted by atomic mass is 9.89. The van der Waals surface area contributed by atoms with E-state index in [1.807, 2.05) is 0 Å². The van der Waals surface area contributed by atoms with Crippen LogP contribution in [-0.2, 0) is 9.53 Å². The van der Waals surface area contributed by atoms with E-state index in [0.29, 0.717) is 5.92 Å². The maximum Gasteiger partial charge on any atom is 0.313 e. The monoisotopic (exact) mass is 153 g/mol. The number of hydrogen-bond acceptors (Lipinski definition) is 2. The zero-order valence-corrected chi connectivity index (χ0v) is 6.80. The van der Waals surface area contributed by atoms with Crippen LogP contribution < -0.4 is 0 Å². The minimum atomic E-state index is -0.0581. The topological polar surface area (TPSA) is 26.3 Å². The Labute approximate surface area is 66.9 Å². The fourth-order valence-electron chi connectivity index (χ4n) is 2.44. The first-order valence-electron chi connectivity index (χ1n) is 4.25. The summed E-state index contributed by atoms with van der Waals surface area (Å²) in [5.74, 6) is 2.38. The Morgan fingerprint density at radius 1 is 1.55 bits per heavy atom. The number of esters is 1. The van der Waals surface area contributed by atoms with Gasteiger partial charge in [0.15, 0.2) is 0 Å². The van der Waals surface area contributed by atoms with Gasteiger partial charge in [-0.15, -0.1) is 0 Å².